The molecule has 4 aromatic rings. The Balaban J connectivity index is 1.76. The van der Waals surface area contributed by atoms with Crippen molar-refractivity contribution >= 4 is 23.2 Å². The molecule has 2 heteroatoms. The fourth-order valence-corrected chi connectivity index (χ4v) is 4.76. The predicted molar refractivity (Wildman–Crippen MR) is 128 cm³/mol. The van der Waals surface area contributed by atoms with Gasteiger partial charge in [0.2, 0.25) is 0 Å². The Kier molecular flexibility index (Phi) is 6.27. The number of rotatable bonds is 7. The molecular weight excluding hydrogens is 407 g/mol. The summed E-state index contributed by atoms with van der Waals surface area (Å²) in [4.78, 5) is -1.32. The number of hydrogen-bond acceptors (Lipinski definition) is 0. The van der Waals surface area contributed by atoms with Gasteiger partial charge in [-0.15, -0.1) is 23.2 Å². The lowest BCUT2D eigenvalue weighted by molar-refractivity contribution is 0.537. The second-order valence-corrected chi connectivity index (χ2v) is 8.86. The van der Waals surface area contributed by atoms with Gasteiger partial charge in [0, 0.05) is 0 Å². The highest BCUT2D eigenvalue weighted by atomic mass is 35.5. The Labute approximate surface area is 189 Å². The maximum Gasteiger partial charge on any atom is 0.0944 e. The van der Waals surface area contributed by atoms with Gasteiger partial charge in [0.1, 0.15) is 0 Å². The quantitative estimate of drug-likeness (QED) is 0.259. The lowest BCUT2D eigenvalue weighted by Crippen LogP contribution is -2.27. The van der Waals surface area contributed by atoms with Crippen molar-refractivity contribution in [2.45, 2.75) is 22.6 Å². The van der Waals surface area contributed by atoms with E-state index in [1.54, 1.807) is 0 Å². The van der Waals surface area contributed by atoms with Gasteiger partial charge in [-0.1, -0.05) is 121 Å². The summed E-state index contributed by atoms with van der Waals surface area (Å²) in [6.07, 6.45) is 1.38. The SMILES string of the molecule is ClC(CCC(Cl)(c1ccccc1)c1ccccc1)(c1ccccc1)c1ccccc1. The summed E-state index contributed by atoms with van der Waals surface area (Å²) in [5.74, 6) is 0. The van der Waals surface area contributed by atoms with Gasteiger partial charge in [-0.05, 0) is 35.1 Å². The van der Waals surface area contributed by atoms with E-state index in [9.17, 15) is 0 Å². The first-order valence-electron chi connectivity index (χ1n) is 10.2. The summed E-state index contributed by atoms with van der Waals surface area (Å²) in [6.45, 7) is 0. The molecule has 30 heavy (non-hydrogen) atoms. The molecule has 0 aliphatic heterocycles. The summed E-state index contributed by atoms with van der Waals surface area (Å²) in [6, 6.07) is 41.2. The molecule has 0 N–H and O–H groups in total. The van der Waals surface area contributed by atoms with Crippen molar-refractivity contribution in [3.63, 3.8) is 0 Å². The predicted octanol–water partition coefficient (Wildman–Crippen LogP) is 8.13. The van der Waals surface area contributed by atoms with Gasteiger partial charge in [0.05, 0.1) is 9.75 Å². The van der Waals surface area contributed by atoms with Gasteiger partial charge in [0.15, 0.2) is 0 Å². The van der Waals surface area contributed by atoms with Gasteiger partial charge in [-0.25, -0.2) is 0 Å². The molecule has 0 amide bonds. The minimum atomic E-state index is -0.660. The summed E-state index contributed by atoms with van der Waals surface area (Å²) < 4.78 is 0. The molecule has 0 fully saturated rings. The van der Waals surface area contributed by atoms with Gasteiger partial charge in [-0.3, -0.25) is 0 Å². The number of alkyl halides is 2. The first-order chi connectivity index (χ1) is 14.6. The van der Waals surface area contributed by atoms with E-state index in [-0.39, 0.29) is 0 Å². The monoisotopic (exact) mass is 430 g/mol. The highest BCUT2D eigenvalue weighted by molar-refractivity contribution is 6.27. The van der Waals surface area contributed by atoms with Crippen LogP contribution in [0.1, 0.15) is 35.1 Å². The van der Waals surface area contributed by atoms with E-state index in [1.165, 1.54) is 0 Å². The Morgan fingerprint density at radius 3 is 0.767 bits per heavy atom. The van der Waals surface area contributed by atoms with Crippen LogP contribution in [0.4, 0.5) is 0 Å². The molecule has 0 bridgehead atoms. The van der Waals surface area contributed by atoms with Crippen molar-refractivity contribution in [2.75, 3.05) is 0 Å². The van der Waals surface area contributed by atoms with E-state index in [0.29, 0.717) is 12.8 Å². The van der Waals surface area contributed by atoms with Crippen LogP contribution in [0.2, 0.25) is 0 Å². The van der Waals surface area contributed by atoms with Gasteiger partial charge < -0.3 is 0 Å². The Bertz CT molecular complexity index is 877. The topological polar surface area (TPSA) is 0 Å². The second-order valence-electron chi connectivity index (χ2n) is 7.57. The van der Waals surface area contributed by atoms with Crippen LogP contribution in [-0.4, -0.2) is 0 Å². The number of benzene rings is 4. The molecule has 0 unspecified atom stereocenters. The number of hydrogen-bond donors (Lipinski definition) is 0. The minimum Gasteiger partial charge on any atom is -0.109 e. The molecule has 150 valence electrons. The molecule has 0 saturated heterocycles. The summed E-state index contributed by atoms with van der Waals surface area (Å²) >= 11 is 14.8. The smallest absolute Gasteiger partial charge is 0.0944 e. The molecule has 0 heterocycles. The van der Waals surface area contributed by atoms with Gasteiger partial charge in [-0.2, -0.15) is 0 Å². The molecule has 0 aromatic heterocycles. The first-order valence-corrected chi connectivity index (χ1v) is 11.0. The second kappa shape index (κ2) is 9.08. The first kappa shape index (κ1) is 20.7. The third-order valence-corrected chi connectivity index (χ3v) is 6.99. The van der Waals surface area contributed by atoms with Crippen molar-refractivity contribution in [3.05, 3.63) is 144 Å². The minimum absolute atomic E-state index is 0.660. The van der Waals surface area contributed by atoms with Crippen LogP contribution in [0.25, 0.3) is 0 Å². The molecule has 0 aliphatic carbocycles. The highest BCUT2D eigenvalue weighted by Crippen LogP contribution is 2.47. The summed E-state index contributed by atoms with van der Waals surface area (Å²) in [5, 5.41) is 0. The average molecular weight is 431 g/mol. The van der Waals surface area contributed by atoms with Crippen LogP contribution in [-0.2, 0) is 9.75 Å². The van der Waals surface area contributed by atoms with Gasteiger partial charge in [0.25, 0.3) is 0 Å². The lowest BCUT2D eigenvalue weighted by atomic mass is 9.80. The van der Waals surface area contributed by atoms with E-state index in [1.807, 2.05) is 72.8 Å². The van der Waals surface area contributed by atoms with Crippen molar-refractivity contribution in [1.82, 2.24) is 0 Å². The van der Waals surface area contributed by atoms with Crippen LogP contribution < -0.4 is 0 Å². The van der Waals surface area contributed by atoms with Gasteiger partial charge >= 0.3 is 0 Å². The third kappa shape index (κ3) is 4.17. The molecule has 4 rings (SSSR count). The Morgan fingerprint density at radius 2 is 0.567 bits per heavy atom. The fraction of sp³-hybridized carbons (Fsp3) is 0.143. The van der Waals surface area contributed by atoms with Crippen LogP contribution >= 0.6 is 23.2 Å². The fourth-order valence-electron chi connectivity index (χ4n) is 4.06. The van der Waals surface area contributed by atoms with Crippen molar-refractivity contribution in [2.24, 2.45) is 0 Å². The summed E-state index contributed by atoms with van der Waals surface area (Å²) in [7, 11) is 0. The van der Waals surface area contributed by atoms with Crippen molar-refractivity contribution in [3.8, 4) is 0 Å². The van der Waals surface area contributed by atoms with Crippen molar-refractivity contribution in [1.29, 1.82) is 0 Å². The molecule has 0 aliphatic rings. The molecular formula is C28H24Cl2. The average Bonchev–Trinajstić information content (AvgIpc) is 2.84. The molecule has 0 spiro atoms. The molecule has 4 aromatic carbocycles. The zero-order chi connectivity index (χ0) is 20.9. The highest BCUT2D eigenvalue weighted by Gasteiger charge is 2.38. The van der Waals surface area contributed by atoms with Crippen LogP contribution in [0.15, 0.2) is 121 Å². The maximum atomic E-state index is 7.41. The normalized spacial score (nSPS) is 11.9. The lowest BCUT2D eigenvalue weighted by Gasteiger charge is -2.34. The zero-order valence-corrected chi connectivity index (χ0v) is 18.2. The standard InChI is InChI=1S/C28H24Cl2/c29-27(23-13-5-1-6-14-23,24-15-7-2-8-16-24)21-22-28(30,25-17-9-3-10-18-25)26-19-11-4-12-20-26/h1-20H,21-22H2. The van der Waals surface area contributed by atoms with E-state index >= 15 is 0 Å². The van der Waals surface area contributed by atoms with E-state index in [0.717, 1.165) is 22.3 Å². The zero-order valence-electron chi connectivity index (χ0n) is 16.7. The number of halogens is 2. The van der Waals surface area contributed by atoms with E-state index in [4.69, 9.17) is 23.2 Å². The molecule has 0 atom stereocenters. The summed E-state index contributed by atoms with van der Waals surface area (Å²) in [5.41, 5.74) is 4.33. The van der Waals surface area contributed by atoms with Crippen LogP contribution in [0, 0.1) is 0 Å². The van der Waals surface area contributed by atoms with Crippen molar-refractivity contribution < 1.29 is 0 Å². The Morgan fingerprint density at radius 1 is 0.367 bits per heavy atom. The maximum absolute atomic E-state index is 7.41. The van der Waals surface area contributed by atoms with E-state index < -0.39 is 9.75 Å². The van der Waals surface area contributed by atoms with Crippen LogP contribution in [0.3, 0.4) is 0 Å². The Hall–Kier alpha value is -2.54. The molecule has 0 radical (unpaired) electrons. The largest absolute Gasteiger partial charge is 0.109 e. The molecule has 0 saturated carbocycles. The van der Waals surface area contributed by atoms with Crippen LogP contribution in [0.5, 0.6) is 0 Å². The molecule has 0 nitrogen and oxygen atoms in total. The third-order valence-electron chi connectivity index (χ3n) is 5.74. The van der Waals surface area contributed by atoms with E-state index in [2.05, 4.69) is 48.5 Å².